The lowest BCUT2D eigenvalue weighted by Gasteiger charge is -2.32. The maximum absolute atomic E-state index is 16.4. The summed E-state index contributed by atoms with van der Waals surface area (Å²) in [4.78, 5) is 5.86. The molecule has 2 aromatic carbocycles. The Morgan fingerprint density at radius 1 is 0.804 bits per heavy atom. The van der Waals surface area contributed by atoms with Gasteiger partial charge < -0.3 is 23.4 Å². The molecule has 1 saturated carbocycles. The van der Waals surface area contributed by atoms with E-state index in [1.165, 1.54) is 31.7 Å². The summed E-state index contributed by atoms with van der Waals surface area (Å²) in [6.07, 6.45) is 6.25. The Hall–Kier alpha value is -2.69. The topological polar surface area (TPSA) is 64.0 Å². The van der Waals surface area contributed by atoms with Gasteiger partial charge in [0.15, 0.2) is 0 Å². The van der Waals surface area contributed by atoms with Crippen LogP contribution in [0.4, 0.5) is 4.39 Å². The van der Waals surface area contributed by atoms with Crippen LogP contribution in [0, 0.1) is 5.82 Å². The molecule has 5 heterocycles. The third-order valence-corrected chi connectivity index (χ3v) is 12.4. The van der Waals surface area contributed by atoms with Gasteiger partial charge in [0.2, 0.25) is 6.23 Å². The van der Waals surface area contributed by atoms with Gasteiger partial charge in [-0.1, -0.05) is 25.0 Å². The van der Waals surface area contributed by atoms with Gasteiger partial charge in [0.1, 0.15) is 11.6 Å². The van der Waals surface area contributed by atoms with Crippen molar-refractivity contribution >= 4 is 47.4 Å². The monoisotopic (exact) mass is 642 g/mol. The smallest absolute Gasteiger partial charge is 0.464 e. The average Bonchev–Trinajstić information content (AvgIpc) is 3.78. The molecule has 8 rings (SSSR count). The van der Waals surface area contributed by atoms with Crippen LogP contribution in [0.2, 0.25) is 0 Å². The lowest BCUT2D eigenvalue weighted by molar-refractivity contribution is 0.00578. The van der Waals surface area contributed by atoms with Gasteiger partial charge in [0.25, 0.3) is 0 Å². The maximum atomic E-state index is 16.4. The van der Waals surface area contributed by atoms with E-state index in [1.54, 1.807) is 11.3 Å². The summed E-state index contributed by atoms with van der Waals surface area (Å²) in [5.74, 6) is 0.573. The number of benzene rings is 2. The zero-order chi connectivity index (χ0) is 32.4. The SMILES string of the molecule is CC1(C)OB(c2cc(F)c3c(c2)OC(c2cnc(C4CCCC4)s2)n2c-3cc3cc(B4OC(C)(C)C(C)(C)O4)ccc32)OC1(C)C. The van der Waals surface area contributed by atoms with Crippen molar-refractivity contribution in [2.75, 3.05) is 0 Å². The van der Waals surface area contributed by atoms with Gasteiger partial charge in [0.05, 0.1) is 49.1 Å². The molecular weight excluding hydrogens is 601 g/mol. The Labute approximate surface area is 275 Å². The Kier molecular flexibility index (Phi) is 6.76. The van der Waals surface area contributed by atoms with Crippen LogP contribution in [0.5, 0.6) is 5.75 Å². The summed E-state index contributed by atoms with van der Waals surface area (Å²) in [6, 6.07) is 11.6. The molecule has 1 atom stereocenters. The number of thiazole rings is 1. The Balaban J connectivity index is 1.25. The van der Waals surface area contributed by atoms with Crippen LogP contribution < -0.4 is 15.7 Å². The Bertz CT molecular complexity index is 1830. The maximum Gasteiger partial charge on any atom is 0.495 e. The fraction of sp³-hybridized carbons (Fsp3) is 0.514. The predicted molar refractivity (Wildman–Crippen MR) is 181 cm³/mol. The molecule has 0 N–H and O–H groups in total. The molecule has 7 nitrogen and oxygen atoms in total. The van der Waals surface area contributed by atoms with Crippen LogP contribution in [-0.4, -0.2) is 46.2 Å². The summed E-state index contributed by atoms with van der Waals surface area (Å²) in [6.45, 7) is 16.2. The summed E-state index contributed by atoms with van der Waals surface area (Å²) < 4.78 is 50.6. The van der Waals surface area contributed by atoms with Crippen LogP contribution in [0.15, 0.2) is 42.6 Å². The van der Waals surface area contributed by atoms with E-state index in [9.17, 15) is 0 Å². The summed E-state index contributed by atoms with van der Waals surface area (Å²) >= 11 is 1.70. The first-order chi connectivity index (χ1) is 21.6. The highest BCUT2D eigenvalue weighted by molar-refractivity contribution is 7.11. The molecule has 4 aliphatic rings. The van der Waals surface area contributed by atoms with Crippen LogP contribution >= 0.6 is 11.3 Å². The summed E-state index contributed by atoms with van der Waals surface area (Å²) in [5, 5.41) is 2.11. The lowest BCUT2D eigenvalue weighted by Crippen LogP contribution is -2.41. The molecule has 46 heavy (non-hydrogen) atoms. The van der Waals surface area contributed by atoms with E-state index in [-0.39, 0.29) is 5.82 Å². The molecule has 0 spiro atoms. The van der Waals surface area contributed by atoms with Crippen molar-refractivity contribution in [1.82, 2.24) is 9.55 Å². The van der Waals surface area contributed by atoms with Crippen LogP contribution in [-0.2, 0) is 18.6 Å². The van der Waals surface area contributed by atoms with Crippen molar-refractivity contribution < 1.29 is 27.7 Å². The second-order valence-electron chi connectivity index (χ2n) is 15.3. The molecular formula is C35H41B2FN2O5S. The second kappa shape index (κ2) is 10.2. The molecule has 1 unspecified atom stereocenters. The van der Waals surface area contributed by atoms with E-state index in [2.05, 4.69) is 50.5 Å². The van der Waals surface area contributed by atoms with Crippen LogP contribution in [0.3, 0.4) is 0 Å². The number of halogens is 1. The third-order valence-electron chi connectivity index (χ3n) is 11.2. The van der Waals surface area contributed by atoms with Gasteiger partial charge >= 0.3 is 14.2 Å². The minimum Gasteiger partial charge on any atom is -0.464 e. The van der Waals surface area contributed by atoms with Crippen molar-refractivity contribution in [2.45, 2.75) is 116 Å². The van der Waals surface area contributed by atoms with Gasteiger partial charge in [0, 0.05) is 17.5 Å². The molecule has 3 aliphatic heterocycles. The molecule has 2 saturated heterocycles. The lowest BCUT2D eigenvalue weighted by atomic mass is 9.78. The number of rotatable bonds is 4. The fourth-order valence-electron chi connectivity index (χ4n) is 7.02. The zero-order valence-electron chi connectivity index (χ0n) is 27.9. The first-order valence-electron chi connectivity index (χ1n) is 16.5. The Morgan fingerprint density at radius 2 is 1.41 bits per heavy atom. The van der Waals surface area contributed by atoms with E-state index in [0.29, 0.717) is 22.7 Å². The first-order valence-corrected chi connectivity index (χ1v) is 17.3. The minimum absolute atomic E-state index is 0.383. The molecule has 4 aromatic rings. The number of ether oxygens (including phenoxy) is 1. The molecule has 11 heteroatoms. The van der Waals surface area contributed by atoms with Crippen molar-refractivity contribution in [3.63, 3.8) is 0 Å². The average molecular weight is 642 g/mol. The van der Waals surface area contributed by atoms with Crippen molar-refractivity contribution in [3.05, 3.63) is 58.3 Å². The molecule has 240 valence electrons. The van der Waals surface area contributed by atoms with E-state index < -0.39 is 42.9 Å². The van der Waals surface area contributed by atoms with Gasteiger partial charge in [-0.15, -0.1) is 11.3 Å². The quantitative estimate of drug-likeness (QED) is 0.222. The van der Waals surface area contributed by atoms with E-state index in [4.69, 9.17) is 28.3 Å². The number of aromatic nitrogens is 2. The van der Waals surface area contributed by atoms with E-state index in [1.807, 2.05) is 46.0 Å². The summed E-state index contributed by atoms with van der Waals surface area (Å²) in [5.41, 5.74) is 1.63. The van der Waals surface area contributed by atoms with Crippen LogP contribution in [0.1, 0.15) is 103 Å². The largest absolute Gasteiger partial charge is 0.495 e. The fourth-order valence-corrected chi connectivity index (χ4v) is 8.13. The third kappa shape index (κ3) is 4.64. The highest BCUT2D eigenvalue weighted by Gasteiger charge is 2.53. The van der Waals surface area contributed by atoms with E-state index >= 15 is 4.39 Å². The number of fused-ring (bicyclic) bond motifs is 5. The molecule has 3 fully saturated rings. The first kappa shape index (κ1) is 30.6. The second-order valence-corrected chi connectivity index (χ2v) is 16.4. The molecule has 1 aliphatic carbocycles. The molecule has 0 bridgehead atoms. The van der Waals surface area contributed by atoms with Gasteiger partial charge in [-0.3, -0.25) is 4.57 Å². The van der Waals surface area contributed by atoms with Gasteiger partial charge in [-0.2, -0.15) is 0 Å². The highest BCUT2D eigenvalue weighted by atomic mass is 32.1. The van der Waals surface area contributed by atoms with Gasteiger partial charge in [-0.25, -0.2) is 9.37 Å². The zero-order valence-corrected chi connectivity index (χ0v) is 28.7. The van der Waals surface area contributed by atoms with Crippen molar-refractivity contribution in [2.24, 2.45) is 0 Å². The normalized spacial score (nSPS) is 24.4. The summed E-state index contributed by atoms with van der Waals surface area (Å²) in [7, 11) is -1.21. The van der Waals surface area contributed by atoms with Crippen LogP contribution in [0.25, 0.3) is 22.2 Å². The number of hydrogen-bond donors (Lipinski definition) is 0. The molecule has 0 amide bonds. The van der Waals surface area contributed by atoms with Crippen molar-refractivity contribution in [3.8, 4) is 17.0 Å². The van der Waals surface area contributed by atoms with E-state index in [0.717, 1.165) is 31.9 Å². The van der Waals surface area contributed by atoms with Gasteiger partial charge in [-0.05, 0) is 103 Å². The Morgan fingerprint density at radius 3 is 2.04 bits per heavy atom. The predicted octanol–water partition coefficient (Wildman–Crippen LogP) is 7.10. The molecule has 0 radical (unpaired) electrons. The van der Waals surface area contributed by atoms with Crippen molar-refractivity contribution in [1.29, 1.82) is 0 Å². The number of nitrogens with zero attached hydrogens (tertiary/aromatic N) is 2. The molecule has 2 aromatic heterocycles. The number of hydrogen-bond acceptors (Lipinski definition) is 7. The minimum atomic E-state index is -0.709. The highest BCUT2D eigenvalue weighted by Crippen LogP contribution is 2.48. The standard InChI is InChI=1S/C35H41B2FN2O5S/c1-32(2)33(3,4)43-36(42-32)22-13-14-25-21(15-22)16-26-29-24(38)17-23(37-44-34(5,6)35(7,8)45-37)18-27(29)41-31(40(25)26)28-19-39-30(46-28)20-11-9-10-12-20/h13-20,31H,9-12H2,1-8H3.